The third-order valence-electron chi connectivity index (χ3n) is 2.68. The molecule has 1 aromatic rings. The molecule has 0 aliphatic carbocycles. The van der Waals surface area contributed by atoms with Crippen LogP contribution in [0, 0.1) is 12.8 Å². The quantitative estimate of drug-likeness (QED) is 0.812. The van der Waals surface area contributed by atoms with Gasteiger partial charge < -0.3 is 5.32 Å². The first-order valence-electron chi connectivity index (χ1n) is 5.22. The number of nitrogens with zero attached hydrogens (tertiary/aromatic N) is 1. The van der Waals surface area contributed by atoms with Crippen molar-refractivity contribution in [1.29, 1.82) is 0 Å². The number of hydrogen-bond acceptors (Lipinski definition) is 2. The van der Waals surface area contributed by atoms with E-state index in [2.05, 4.69) is 17.2 Å². The molecule has 0 amide bonds. The lowest BCUT2D eigenvalue weighted by atomic mass is 10.1. The predicted octanol–water partition coefficient (Wildman–Crippen LogP) is 3.92. The molecule has 0 spiro atoms. The Bertz CT molecular complexity index is 402. The fraction of sp³-hybridized carbons (Fsp3) is 0.417. The van der Waals surface area contributed by atoms with Gasteiger partial charge in [-0.25, -0.2) is 0 Å². The maximum Gasteiger partial charge on any atom is 0.101 e. The summed E-state index contributed by atoms with van der Waals surface area (Å²) in [6.45, 7) is 5.16. The monoisotopic (exact) mass is 258 g/mol. The summed E-state index contributed by atoms with van der Waals surface area (Å²) >= 11 is 6.05. The second kappa shape index (κ2) is 5.55. The molecule has 1 atom stereocenters. The zero-order valence-electron chi connectivity index (χ0n) is 9.46. The number of hydrogen-bond donors (Lipinski definition) is 1. The van der Waals surface area contributed by atoms with E-state index < -0.39 is 0 Å². The maximum absolute atomic E-state index is 6.05. The Balaban J connectivity index is 0.00000128. The lowest BCUT2D eigenvalue weighted by molar-refractivity contribution is 0.664. The Hall–Kier alpha value is -0.730. The summed E-state index contributed by atoms with van der Waals surface area (Å²) in [5.41, 5.74) is 2.15. The Morgan fingerprint density at radius 3 is 2.81 bits per heavy atom. The van der Waals surface area contributed by atoms with Crippen molar-refractivity contribution in [1.82, 2.24) is 0 Å². The standard InChI is InChI=1S/C12H15ClN2.ClH/c1-8-6-12(14-7-8)15-11-5-3-4-10(13)9(11)2;/h3-5,8H,6-7H2,1-2H3,(H,14,15);1H. The predicted molar refractivity (Wildman–Crippen MR) is 73.1 cm³/mol. The van der Waals surface area contributed by atoms with E-state index in [1.165, 1.54) is 0 Å². The fourth-order valence-electron chi connectivity index (χ4n) is 1.71. The molecule has 1 unspecified atom stereocenters. The SMILES string of the molecule is Cc1c(Cl)cccc1NC1=NCC(C)C1.Cl. The molecule has 88 valence electrons. The molecule has 2 nitrogen and oxygen atoms in total. The molecule has 0 fully saturated rings. The highest BCUT2D eigenvalue weighted by Crippen LogP contribution is 2.24. The van der Waals surface area contributed by atoms with E-state index in [9.17, 15) is 0 Å². The van der Waals surface area contributed by atoms with Crippen LogP contribution in [-0.4, -0.2) is 12.4 Å². The summed E-state index contributed by atoms with van der Waals surface area (Å²) in [5, 5.41) is 4.14. The molecule has 1 heterocycles. The average Bonchev–Trinajstić information content (AvgIpc) is 2.59. The van der Waals surface area contributed by atoms with E-state index in [1.54, 1.807) is 0 Å². The summed E-state index contributed by atoms with van der Waals surface area (Å²) < 4.78 is 0. The Morgan fingerprint density at radius 2 is 2.19 bits per heavy atom. The average molecular weight is 259 g/mol. The highest BCUT2D eigenvalue weighted by molar-refractivity contribution is 6.31. The van der Waals surface area contributed by atoms with Gasteiger partial charge >= 0.3 is 0 Å². The zero-order valence-corrected chi connectivity index (χ0v) is 11.0. The van der Waals surface area contributed by atoms with Crippen molar-refractivity contribution in [2.75, 3.05) is 11.9 Å². The molecule has 0 radical (unpaired) electrons. The van der Waals surface area contributed by atoms with Gasteiger partial charge in [-0.2, -0.15) is 0 Å². The first-order chi connectivity index (χ1) is 7.16. The Kier molecular flexibility index (Phi) is 4.63. The van der Waals surface area contributed by atoms with Crippen molar-refractivity contribution < 1.29 is 0 Å². The number of rotatable bonds is 1. The van der Waals surface area contributed by atoms with Crippen LogP contribution >= 0.6 is 24.0 Å². The summed E-state index contributed by atoms with van der Waals surface area (Å²) in [7, 11) is 0. The van der Waals surface area contributed by atoms with Crippen LogP contribution in [0.2, 0.25) is 5.02 Å². The van der Waals surface area contributed by atoms with Crippen molar-refractivity contribution in [3.8, 4) is 0 Å². The third kappa shape index (κ3) is 2.89. The molecule has 16 heavy (non-hydrogen) atoms. The van der Waals surface area contributed by atoms with Gasteiger partial charge in [0, 0.05) is 23.7 Å². The van der Waals surface area contributed by atoms with Gasteiger partial charge in [-0.15, -0.1) is 12.4 Å². The lowest BCUT2D eigenvalue weighted by Crippen LogP contribution is -2.11. The highest BCUT2D eigenvalue weighted by atomic mass is 35.5. The normalized spacial score (nSPS) is 18.9. The first-order valence-corrected chi connectivity index (χ1v) is 5.60. The summed E-state index contributed by atoms with van der Waals surface area (Å²) in [4.78, 5) is 4.45. The Morgan fingerprint density at radius 1 is 1.44 bits per heavy atom. The summed E-state index contributed by atoms with van der Waals surface area (Å²) in [6, 6.07) is 5.89. The minimum atomic E-state index is 0. The van der Waals surface area contributed by atoms with Crippen LogP contribution in [0.1, 0.15) is 18.9 Å². The van der Waals surface area contributed by atoms with Crippen LogP contribution < -0.4 is 5.32 Å². The van der Waals surface area contributed by atoms with Gasteiger partial charge in [-0.05, 0) is 30.5 Å². The van der Waals surface area contributed by atoms with Gasteiger partial charge in [0.1, 0.15) is 5.84 Å². The molecule has 1 aromatic carbocycles. The van der Waals surface area contributed by atoms with Crippen molar-refractivity contribution in [3.63, 3.8) is 0 Å². The molecule has 1 N–H and O–H groups in total. The molecule has 0 bridgehead atoms. The number of benzene rings is 1. The zero-order chi connectivity index (χ0) is 10.8. The van der Waals surface area contributed by atoms with Crippen molar-refractivity contribution in [3.05, 3.63) is 28.8 Å². The van der Waals surface area contributed by atoms with E-state index in [0.29, 0.717) is 5.92 Å². The van der Waals surface area contributed by atoms with Crippen LogP contribution in [-0.2, 0) is 0 Å². The third-order valence-corrected chi connectivity index (χ3v) is 3.09. The minimum Gasteiger partial charge on any atom is -0.344 e. The van der Waals surface area contributed by atoms with Gasteiger partial charge in [0.2, 0.25) is 0 Å². The maximum atomic E-state index is 6.05. The molecule has 0 saturated carbocycles. The molecule has 4 heteroatoms. The molecular formula is C12H16Cl2N2. The van der Waals surface area contributed by atoms with Crippen LogP contribution in [0.3, 0.4) is 0 Å². The number of anilines is 1. The summed E-state index contributed by atoms with van der Waals surface area (Å²) in [5.74, 6) is 1.74. The van der Waals surface area contributed by atoms with Gasteiger partial charge in [0.15, 0.2) is 0 Å². The molecule has 1 aliphatic heterocycles. The molecular weight excluding hydrogens is 243 g/mol. The number of halogens is 2. The molecule has 0 saturated heterocycles. The summed E-state index contributed by atoms with van der Waals surface area (Å²) in [6.07, 6.45) is 1.03. The molecule has 0 aromatic heterocycles. The first kappa shape index (κ1) is 13.3. The Labute approximate surface area is 108 Å². The van der Waals surface area contributed by atoms with Gasteiger partial charge in [-0.1, -0.05) is 24.6 Å². The van der Waals surface area contributed by atoms with Gasteiger partial charge in [0.05, 0.1) is 0 Å². The second-order valence-electron chi connectivity index (χ2n) is 4.13. The van der Waals surface area contributed by atoms with Crippen LogP contribution in [0.15, 0.2) is 23.2 Å². The highest BCUT2D eigenvalue weighted by Gasteiger charge is 2.14. The van der Waals surface area contributed by atoms with E-state index in [0.717, 1.165) is 35.1 Å². The van der Waals surface area contributed by atoms with Crippen molar-refractivity contribution >= 4 is 35.5 Å². The minimum absolute atomic E-state index is 0. The topological polar surface area (TPSA) is 24.4 Å². The fourth-order valence-corrected chi connectivity index (χ4v) is 1.89. The van der Waals surface area contributed by atoms with Gasteiger partial charge in [-0.3, -0.25) is 4.99 Å². The van der Waals surface area contributed by atoms with E-state index in [-0.39, 0.29) is 12.4 Å². The molecule has 1 aliphatic rings. The lowest BCUT2D eigenvalue weighted by Gasteiger charge is -2.10. The van der Waals surface area contributed by atoms with E-state index in [1.807, 2.05) is 25.1 Å². The largest absolute Gasteiger partial charge is 0.344 e. The van der Waals surface area contributed by atoms with Crippen LogP contribution in [0.5, 0.6) is 0 Å². The van der Waals surface area contributed by atoms with Gasteiger partial charge in [0.25, 0.3) is 0 Å². The number of nitrogens with one attached hydrogen (secondary N) is 1. The number of aliphatic imine (C=N–C) groups is 1. The van der Waals surface area contributed by atoms with Crippen LogP contribution in [0.25, 0.3) is 0 Å². The van der Waals surface area contributed by atoms with E-state index in [4.69, 9.17) is 11.6 Å². The van der Waals surface area contributed by atoms with E-state index >= 15 is 0 Å². The van der Waals surface area contributed by atoms with Crippen LogP contribution in [0.4, 0.5) is 5.69 Å². The van der Waals surface area contributed by atoms with Crippen molar-refractivity contribution in [2.24, 2.45) is 10.9 Å². The smallest absolute Gasteiger partial charge is 0.101 e. The molecule has 2 rings (SSSR count). The second-order valence-corrected chi connectivity index (χ2v) is 4.54. The van der Waals surface area contributed by atoms with Crippen molar-refractivity contribution in [2.45, 2.75) is 20.3 Å². The number of amidine groups is 1.